The van der Waals surface area contributed by atoms with Crippen LogP contribution in [-0.4, -0.2) is 82.4 Å². The summed E-state index contributed by atoms with van der Waals surface area (Å²) < 4.78 is 29.3. The van der Waals surface area contributed by atoms with E-state index in [1.54, 1.807) is 30.3 Å². The number of ether oxygens (including phenoxy) is 2. The lowest BCUT2D eigenvalue weighted by Crippen LogP contribution is -2.60. The SMILES string of the molecule is CCC1CN(C2COC2)CCN1c1ccc(Nc2cc(CC(=O)OCc3ccc(F)cc3N3CCc4c(cc5n4CCCC5)C3=O)cn(C)c2=O)nc1. The largest absolute Gasteiger partial charge is 0.460 e. The number of aromatic nitrogens is 3. The number of nitrogens with one attached hydrogen (secondary N) is 1. The Morgan fingerprint density at radius 3 is 2.68 bits per heavy atom. The van der Waals surface area contributed by atoms with Crippen LogP contribution in [0.4, 0.5) is 27.3 Å². The van der Waals surface area contributed by atoms with Crippen LogP contribution in [0.3, 0.4) is 0 Å². The van der Waals surface area contributed by atoms with E-state index < -0.39 is 11.8 Å². The highest BCUT2D eigenvalue weighted by molar-refractivity contribution is 6.08. The van der Waals surface area contributed by atoms with Crippen LogP contribution >= 0.6 is 0 Å². The Bertz CT molecular complexity index is 2070. The second-order valence-electron chi connectivity index (χ2n) is 14.6. The first-order valence-electron chi connectivity index (χ1n) is 18.7. The number of piperazine rings is 1. The average Bonchev–Trinajstić information content (AvgIpc) is 3.53. The van der Waals surface area contributed by atoms with Gasteiger partial charge in [-0.1, -0.05) is 13.0 Å². The average molecular weight is 724 g/mol. The molecule has 53 heavy (non-hydrogen) atoms. The zero-order valence-electron chi connectivity index (χ0n) is 30.4. The molecule has 0 spiro atoms. The number of halogens is 1. The Labute approximate surface area is 308 Å². The van der Waals surface area contributed by atoms with E-state index in [9.17, 15) is 18.8 Å². The van der Waals surface area contributed by atoms with Crippen molar-refractivity contribution in [3.05, 3.63) is 99.1 Å². The summed E-state index contributed by atoms with van der Waals surface area (Å²) in [6.45, 7) is 7.94. The Balaban J connectivity index is 0.913. The van der Waals surface area contributed by atoms with Crippen LogP contribution in [0.15, 0.2) is 59.7 Å². The molecule has 0 aliphatic carbocycles. The summed E-state index contributed by atoms with van der Waals surface area (Å²) in [5.41, 5.74) is 5.50. The number of fused-ring (bicyclic) bond motifs is 3. The van der Waals surface area contributed by atoms with Crippen molar-refractivity contribution in [2.75, 3.05) is 54.5 Å². The van der Waals surface area contributed by atoms with Gasteiger partial charge < -0.3 is 33.7 Å². The molecule has 1 amide bonds. The fourth-order valence-electron chi connectivity index (χ4n) is 8.21. The van der Waals surface area contributed by atoms with Crippen LogP contribution in [0.5, 0.6) is 0 Å². The van der Waals surface area contributed by atoms with Gasteiger partial charge in [-0.05, 0) is 67.6 Å². The zero-order valence-corrected chi connectivity index (χ0v) is 30.4. The fraction of sp³-hybridized carbons (Fsp3) is 0.450. The van der Waals surface area contributed by atoms with Gasteiger partial charge in [0.2, 0.25) is 0 Å². The van der Waals surface area contributed by atoms with Crippen molar-refractivity contribution in [2.24, 2.45) is 7.05 Å². The molecule has 1 atom stereocenters. The number of carbonyl (C=O) groups excluding carboxylic acids is 2. The first-order valence-corrected chi connectivity index (χ1v) is 18.7. The van der Waals surface area contributed by atoms with Crippen LogP contribution in [0.1, 0.15) is 59.1 Å². The second kappa shape index (κ2) is 14.8. The van der Waals surface area contributed by atoms with Crippen LogP contribution in [-0.2, 0) is 53.7 Å². The third-order valence-electron chi connectivity index (χ3n) is 11.2. The van der Waals surface area contributed by atoms with Crippen LogP contribution in [0.25, 0.3) is 0 Å². The molecular weight excluding hydrogens is 677 g/mol. The first-order chi connectivity index (χ1) is 25.7. The van der Waals surface area contributed by atoms with Crippen molar-refractivity contribution >= 4 is 34.8 Å². The topological polar surface area (TPSA) is 114 Å². The van der Waals surface area contributed by atoms with Gasteiger partial charge in [0.15, 0.2) is 0 Å². The van der Waals surface area contributed by atoms with Crippen LogP contribution in [0.2, 0.25) is 0 Å². The Morgan fingerprint density at radius 1 is 1.04 bits per heavy atom. The van der Waals surface area contributed by atoms with Crippen molar-refractivity contribution in [2.45, 2.75) is 70.7 Å². The van der Waals surface area contributed by atoms with Crippen molar-refractivity contribution in [3.8, 4) is 0 Å². The molecule has 4 aliphatic rings. The number of amides is 1. The lowest BCUT2D eigenvalue weighted by Gasteiger charge is -2.47. The van der Waals surface area contributed by atoms with E-state index >= 15 is 0 Å². The lowest BCUT2D eigenvalue weighted by molar-refractivity contribution is -0.144. The minimum atomic E-state index is -0.518. The van der Waals surface area contributed by atoms with Gasteiger partial charge in [0, 0.05) is 75.4 Å². The van der Waals surface area contributed by atoms with Crippen molar-refractivity contribution in [3.63, 3.8) is 0 Å². The molecular formula is C40H46FN7O5. The normalized spacial score (nSPS) is 19.1. The maximum absolute atomic E-state index is 14.6. The van der Waals surface area contributed by atoms with E-state index in [2.05, 4.69) is 31.6 Å². The molecule has 7 heterocycles. The molecule has 0 bridgehead atoms. The van der Waals surface area contributed by atoms with Gasteiger partial charge in [-0.3, -0.25) is 19.3 Å². The molecule has 2 saturated heterocycles. The number of carbonyl (C=O) groups is 2. The molecule has 0 saturated carbocycles. The third-order valence-corrected chi connectivity index (χ3v) is 11.2. The predicted molar refractivity (Wildman–Crippen MR) is 199 cm³/mol. The van der Waals surface area contributed by atoms with Gasteiger partial charge in [0.05, 0.1) is 48.8 Å². The van der Waals surface area contributed by atoms with E-state index in [4.69, 9.17) is 9.47 Å². The summed E-state index contributed by atoms with van der Waals surface area (Å²) in [5, 5.41) is 3.14. The number of esters is 1. The number of benzene rings is 1. The van der Waals surface area contributed by atoms with E-state index in [1.807, 2.05) is 24.4 Å². The van der Waals surface area contributed by atoms with Crippen molar-refractivity contribution in [1.82, 2.24) is 19.0 Å². The summed E-state index contributed by atoms with van der Waals surface area (Å²) in [4.78, 5) is 51.1. The number of aryl methyl sites for hydroxylation is 2. The maximum atomic E-state index is 14.6. The minimum Gasteiger partial charge on any atom is -0.460 e. The Hall–Kier alpha value is -5.01. The Morgan fingerprint density at radius 2 is 1.91 bits per heavy atom. The van der Waals surface area contributed by atoms with Crippen LogP contribution < -0.4 is 20.7 Å². The smallest absolute Gasteiger partial charge is 0.310 e. The standard InChI is InChI=1S/C40H46FN7O5/c1-3-29-22-45(32-24-52-25-32)14-15-46(29)31-9-10-37(42-20-31)43-34-16-26(21-44(2)40(34)51)17-38(49)53-23-27-7-8-28(41)18-36(27)48-13-11-35-33(39(48)50)19-30-6-4-5-12-47(30)35/h7-10,16,18-21,29,32H,3-6,11-15,17,22-25H2,1-2H3,(H,42,43). The summed E-state index contributed by atoms with van der Waals surface area (Å²) in [7, 11) is 1.63. The first kappa shape index (κ1) is 35.0. The number of nitrogens with zero attached hydrogens (tertiary/aromatic N) is 6. The molecule has 3 aromatic heterocycles. The highest BCUT2D eigenvalue weighted by Gasteiger charge is 2.34. The summed E-state index contributed by atoms with van der Waals surface area (Å²) in [6.07, 6.45) is 8.21. The summed E-state index contributed by atoms with van der Waals surface area (Å²) in [6, 6.07) is 12.6. The number of anilines is 4. The number of pyridine rings is 2. The summed E-state index contributed by atoms with van der Waals surface area (Å²) in [5.74, 6) is -0.631. The quantitative estimate of drug-likeness (QED) is 0.235. The van der Waals surface area contributed by atoms with E-state index in [1.165, 1.54) is 22.4 Å². The highest BCUT2D eigenvalue weighted by atomic mass is 19.1. The zero-order chi connectivity index (χ0) is 36.6. The highest BCUT2D eigenvalue weighted by Crippen LogP contribution is 2.33. The predicted octanol–water partition coefficient (Wildman–Crippen LogP) is 4.59. The van der Waals surface area contributed by atoms with E-state index in [0.717, 1.165) is 76.5 Å². The van der Waals surface area contributed by atoms with Gasteiger partial charge >= 0.3 is 5.97 Å². The third kappa shape index (κ3) is 7.07. The molecule has 4 aliphatic heterocycles. The number of hydrogen-bond acceptors (Lipinski definition) is 9. The maximum Gasteiger partial charge on any atom is 0.310 e. The molecule has 13 heteroatoms. The number of hydrogen-bond donors (Lipinski definition) is 1. The monoisotopic (exact) mass is 723 g/mol. The molecule has 1 N–H and O–H groups in total. The molecule has 4 aromatic rings. The Kier molecular flexibility index (Phi) is 9.78. The van der Waals surface area contributed by atoms with E-state index in [0.29, 0.717) is 53.2 Å². The number of rotatable bonds is 10. The van der Waals surface area contributed by atoms with Gasteiger partial charge in [0.25, 0.3) is 11.5 Å². The molecule has 0 radical (unpaired) electrons. The van der Waals surface area contributed by atoms with Crippen molar-refractivity contribution < 1.29 is 23.5 Å². The molecule has 1 unspecified atom stereocenters. The molecule has 1 aromatic carbocycles. The van der Waals surface area contributed by atoms with Gasteiger partial charge in [-0.25, -0.2) is 9.37 Å². The minimum absolute atomic E-state index is 0.0919. The second-order valence-corrected chi connectivity index (χ2v) is 14.6. The molecule has 8 rings (SSSR count). The van der Waals surface area contributed by atoms with Crippen molar-refractivity contribution in [1.29, 1.82) is 0 Å². The molecule has 12 nitrogen and oxygen atoms in total. The lowest BCUT2D eigenvalue weighted by atomic mass is 10.0. The van der Waals surface area contributed by atoms with Crippen LogP contribution in [0, 0.1) is 5.82 Å². The molecule has 278 valence electrons. The van der Waals surface area contributed by atoms with Gasteiger partial charge in [-0.2, -0.15) is 0 Å². The fourth-order valence-corrected chi connectivity index (χ4v) is 8.21. The van der Waals surface area contributed by atoms with Gasteiger partial charge in [-0.15, -0.1) is 0 Å². The molecule has 2 fully saturated rings. The van der Waals surface area contributed by atoms with E-state index in [-0.39, 0.29) is 30.2 Å². The summed E-state index contributed by atoms with van der Waals surface area (Å²) >= 11 is 0. The van der Waals surface area contributed by atoms with Gasteiger partial charge in [0.1, 0.15) is 23.9 Å².